The Morgan fingerprint density at radius 3 is 2.77 bits per heavy atom. The van der Waals surface area contributed by atoms with Gasteiger partial charge in [-0.1, -0.05) is 12.7 Å². The van der Waals surface area contributed by atoms with E-state index in [2.05, 4.69) is 6.58 Å². The zero-order chi connectivity index (χ0) is 9.84. The molecule has 1 aromatic rings. The van der Waals surface area contributed by atoms with Crippen LogP contribution in [0.15, 0.2) is 30.9 Å². The van der Waals surface area contributed by atoms with Gasteiger partial charge in [0.05, 0.1) is 0 Å². The normalized spacial score (nSPS) is 12.2. The van der Waals surface area contributed by atoms with Crippen LogP contribution in [-0.4, -0.2) is 6.10 Å². The van der Waals surface area contributed by atoms with Crippen LogP contribution >= 0.6 is 0 Å². The van der Waals surface area contributed by atoms with Gasteiger partial charge >= 0.3 is 0 Å². The fourth-order valence-corrected chi connectivity index (χ4v) is 1.05. The monoisotopic (exact) mass is 177 g/mol. The molecule has 0 heterocycles. The molecule has 0 aliphatic heterocycles. The molecule has 2 heteroatoms. The quantitative estimate of drug-likeness (QED) is 0.568. The molecule has 0 saturated carbocycles. The van der Waals surface area contributed by atoms with Gasteiger partial charge in [0.15, 0.2) is 0 Å². The Hall–Kier alpha value is -1.44. The summed E-state index contributed by atoms with van der Waals surface area (Å²) >= 11 is 0. The molecule has 0 bridgehead atoms. The van der Waals surface area contributed by atoms with E-state index in [1.807, 2.05) is 32.0 Å². The Bertz CT molecular complexity index is 307. The lowest BCUT2D eigenvalue weighted by atomic mass is 10.2. The van der Waals surface area contributed by atoms with Crippen molar-refractivity contribution in [3.8, 4) is 5.75 Å². The van der Waals surface area contributed by atoms with Gasteiger partial charge in [0.1, 0.15) is 11.9 Å². The first-order valence-electron chi connectivity index (χ1n) is 4.29. The van der Waals surface area contributed by atoms with Crippen molar-refractivity contribution in [1.29, 1.82) is 0 Å². The molecule has 0 aromatic heterocycles. The van der Waals surface area contributed by atoms with Crippen LogP contribution in [0.4, 0.5) is 5.69 Å². The van der Waals surface area contributed by atoms with Crippen LogP contribution in [0.5, 0.6) is 5.75 Å². The lowest BCUT2D eigenvalue weighted by Crippen LogP contribution is -2.08. The van der Waals surface area contributed by atoms with Gasteiger partial charge in [0.25, 0.3) is 0 Å². The number of hydrogen-bond acceptors (Lipinski definition) is 2. The molecule has 1 rings (SSSR count). The van der Waals surface area contributed by atoms with E-state index in [1.165, 1.54) is 0 Å². The first-order chi connectivity index (χ1) is 6.13. The lowest BCUT2D eigenvalue weighted by molar-refractivity contribution is 0.268. The molecule has 0 aliphatic carbocycles. The summed E-state index contributed by atoms with van der Waals surface area (Å²) in [5, 5.41) is 0. The molecule has 70 valence electrons. The standard InChI is InChI=1S/C11H15NO/c1-4-9(3)13-11-6-5-10(12)7-8(11)2/h4-7,9H,1,12H2,2-3H3. The van der Waals surface area contributed by atoms with Gasteiger partial charge in [-0.2, -0.15) is 0 Å². The topological polar surface area (TPSA) is 35.2 Å². The van der Waals surface area contributed by atoms with Crippen LogP contribution in [0.2, 0.25) is 0 Å². The highest BCUT2D eigenvalue weighted by Crippen LogP contribution is 2.21. The average molecular weight is 177 g/mol. The molecule has 0 saturated heterocycles. The van der Waals surface area contributed by atoms with Gasteiger partial charge in [-0.3, -0.25) is 0 Å². The molecule has 0 amide bonds. The minimum atomic E-state index is 0.0299. The number of benzene rings is 1. The Morgan fingerprint density at radius 2 is 2.23 bits per heavy atom. The average Bonchev–Trinajstić information content (AvgIpc) is 2.09. The van der Waals surface area contributed by atoms with Crippen LogP contribution in [0, 0.1) is 6.92 Å². The molecule has 0 radical (unpaired) electrons. The largest absolute Gasteiger partial charge is 0.486 e. The molecule has 1 aromatic carbocycles. The Balaban J connectivity index is 2.83. The van der Waals surface area contributed by atoms with Gasteiger partial charge in [-0.25, -0.2) is 0 Å². The van der Waals surface area contributed by atoms with Gasteiger partial charge in [0.2, 0.25) is 0 Å². The third kappa shape index (κ3) is 2.51. The van der Waals surface area contributed by atoms with Crippen LogP contribution in [0.3, 0.4) is 0 Å². The summed E-state index contributed by atoms with van der Waals surface area (Å²) in [6.07, 6.45) is 1.79. The molecule has 1 unspecified atom stereocenters. The fraction of sp³-hybridized carbons (Fsp3) is 0.273. The first-order valence-corrected chi connectivity index (χ1v) is 4.29. The number of ether oxygens (including phenoxy) is 1. The molecule has 1 atom stereocenters. The van der Waals surface area contributed by atoms with Gasteiger partial charge in [-0.05, 0) is 37.6 Å². The van der Waals surface area contributed by atoms with Crippen LogP contribution in [0.1, 0.15) is 12.5 Å². The van der Waals surface area contributed by atoms with Gasteiger partial charge in [-0.15, -0.1) is 0 Å². The number of rotatable bonds is 3. The maximum Gasteiger partial charge on any atom is 0.123 e. The Kier molecular flexibility index (Phi) is 2.96. The van der Waals surface area contributed by atoms with E-state index in [0.29, 0.717) is 0 Å². The van der Waals surface area contributed by atoms with E-state index in [4.69, 9.17) is 10.5 Å². The van der Waals surface area contributed by atoms with E-state index >= 15 is 0 Å². The number of nitrogen functional groups attached to an aromatic ring is 1. The highest BCUT2D eigenvalue weighted by Gasteiger charge is 2.02. The Labute approximate surface area is 79.0 Å². The minimum absolute atomic E-state index is 0.0299. The van der Waals surface area contributed by atoms with Crippen molar-refractivity contribution >= 4 is 5.69 Å². The van der Waals surface area contributed by atoms with Gasteiger partial charge < -0.3 is 10.5 Å². The molecule has 13 heavy (non-hydrogen) atoms. The van der Waals surface area contributed by atoms with Crippen molar-refractivity contribution in [2.45, 2.75) is 20.0 Å². The van der Waals surface area contributed by atoms with E-state index in [9.17, 15) is 0 Å². The molecule has 0 fully saturated rings. The van der Waals surface area contributed by atoms with E-state index in [1.54, 1.807) is 6.08 Å². The fourth-order valence-electron chi connectivity index (χ4n) is 1.05. The van der Waals surface area contributed by atoms with Crippen molar-refractivity contribution in [3.63, 3.8) is 0 Å². The van der Waals surface area contributed by atoms with Crippen molar-refractivity contribution < 1.29 is 4.74 Å². The third-order valence-electron chi connectivity index (χ3n) is 1.84. The maximum absolute atomic E-state index is 5.62. The van der Waals surface area contributed by atoms with Crippen LogP contribution in [0.25, 0.3) is 0 Å². The number of anilines is 1. The van der Waals surface area contributed by atoms with E-state index in [0.717, 1.165) is 17.0 Å². The van der Waals surface area contributed by atoms with Crippen molar-refractivity contribution in [2.24, 2.45) is 0 Å². The highest BCUT2D eigenvalue weighted by atomic mass is 16.5. The molecule has 0 spiro atoms. The first kappa shape index (κ1) is 9.65. The highest BCUT2D eigenvalue weighted by molar-refractivity contribution is 5.47. The smallest absolute Gasteiger partial charge is 0.123 e. The number of nitrogens with two attached hydrogens (primary N) is 1. The summed E-state index contributed by atoms with van der Waals surface area (Å²) < 4.78 is 5.58. The number of hydrogen-bond donors (Lipinski definition) is 1. The van der Waals surface area contributed by atoms with Crippen molar-refractivity contribution in [3.05, 3.63) is 36.4 Å². The molecular formula is C11H15NO. The zero-order valence-electron chi connectivity index (χ0n) is 8.08. The predicted molar refractivity (Wildman–Crippen MR) is 55.9 cm³/mol. The Morgan fingerprint density at radius 1 is 1.54 bits per heavy atom. The number of aryl methyl sites for hydroxylation is 1. The maximum atomic E-state index is 5.62. The summed E-state index contributed by atoms with van der Waals surface area (Å²) in [6.45, 7) is 7.58. The second-order valence-electron chi connectivity index (χ2n) is 3.08. The molecular weight excluding hydrogens is 162 g/mol. The third-order valence-corrected chi connectivity index (χ3v) is 1.84. The summed E-state index contributed by atoms with van der Waals surface area (Å²) in [4.78, 5) is 0. The zero-order valence-corrected chi connectivity index (χ0v) is 8.08. The lowest BCUT2D eigenvalue weighted by Gasteiger charge is -2.12. The van der Waals surface area contributed by atoms with Crippen molar-refractivity contribution in [1.82, 2.24) is 0 Å². The second kappa shape index (κ2) is 3.99. The minimum Gasteiger partial charge on any atom is -0.486 e. The molecule has 0 aliphatic rings. The summed E-state index contributed by atoms with van der Waals surface area (Å²) in [5.41, 5.74) is 7.43. The summed E-state index contributed by atoms with van der Waals surface area (Å²) in [5.74, 6) is 0.863. The second-order valence-corrected chi connectivity index (χ2v) is 3.08. The summed E-state index contributed by atoms with van der Waals surface area (Å²) in [6, 6.07) is 5.61. The van der Waals surface area contributed by atoms with Crippen molar-refractivity contribution in [2.75, 3.05) is 5.73 Å². The SMILES string of the molecule is C=CC(C)Oc1ccc(N)cc1C. The van der Waals surface area contributed by atoms with Crippen LogP contribution < -0.4 is 10.5 Å². The van der Waals surface area contributed by atoms with E-state index in [-0.39, 0.29) is 6.10 Å². The van der Waals surface area contributed by atoms with Crippen LogP contribution in [-0.2, 0) is 0 Å². The molecule has 2 N–H and O–H groups in total. The van der Waals surface area contributed by atoms with Gasteiger partial charge in [0, 0.05) is 5.69 Å². The van der Waals surface area contributed by atoms with E-state index < -0.39 is 0 Å². The molecule has 2 nitrogen and oxygen atoms in total. The predicted octanol–water partition coefficient (Wildman–Crippen LogP) is 2.53. The summed E-state index contributed by atoms with van der Waals surface area (Å²) in [7, 11) is 0.